The fourth-order valence-electron chi connectivity index (χ4n) is 1.73. The van der Waals surface area contributed by atoms with Gasteiger partial charge in [0.25, 0.3) is 0 Å². The molecular weight excluding hydrogens is 250 g/mol. The second kappa shape index (κ2) is 7.14. The lowest BCUT2D eigenvalue weighted by atomic mass is 10.2. The molecule has 0 spiro atoms. The molecule has 3 nitrogen and oxygen atoms in total. The molecule has 0 saturated heterocycles. The normalized spacial score (nSPS) is 11.1. The Labute approximate surface area is 119 Å². The molecule has 0 heterocycles. The van der Waals surface area contributed by atoms with Gasteiger partial charge in [0.1, 0.15) is 17.2 Å². The van der Waals surface area contributed by atoms with Gasteiger partial charge in [-0.3, -0.25) is 4.99 Å². The van der Waals surface area contributed by atoms with Crippen molar-refractivity contribution in [2.24, 2.45) is 4.99 Å². The number of methoxy groups -OCH3 is 2. The van der Waals surface area contributed by atoms with Crippen LogP contribution in [0.5, 0.6) is 11.5 Å². The highest BCUT2D eigenvalue weighted by Crippen LogP contribution is 2.31. The first kappa shape index (κ1) is 13.9. The summed E-state index contributed by atoms with van der Waals surface area (Å²) in [5, 5.41) is 0. The van der Waals surface area contributed by atoms with Crippen molar-refractivity contribution in [1.29, 1.82) is 0 Å². The maximum atomic E-state index is 5.29. The third kappa shape index (κ3) is 3.72. The van der Waals surface area contributed by atoms with E-state index < -0.39 is 0 Å². The number of hydrogen-bond donors (Lipinski definition) is 0. The van der Waals surface area contributed by atoms with Crippen LogP contribution in [0.3, 0.4) is 0 Å². The zero-order valence-corrected chi connectivity index (χ0v) is 11.6. The van der Waals surface area contributed by atoms with Crippen molar-refractivity contribution >= 4 is 18.0 Å². The summed E-state index contributed by atoms with van der Waals surface area (Å²) < 4.78 is 10.4. The first-order chi connectivity index (χ1) is 9.83. The van der Waals surface area contributed by atoms with Crippen LogP contribution in [0.1, 0.15) is 5.56 Å². The van der Waals surface area contributed by atoms with Crippen molar-refractivity contribution in [2.45, 2.75) is 0 Å². The average molecular weight is 267 g/mol. The van der Waals surface area contributed by atoms with Crippen molar-refractivity contribution in [3.63, 3.8) is 0 Å². The van der Waals surface area contributed by atoms with Crippen LogP contribution in [0.25, 0.3) is 6.08 Å². The van der Waals surface area contributed by atoms with Crippen LogP contribution in [0.15, 0.2) is 59.6 Å². The molecule has 0 unspecified atom stereocenters. The van der Waals surface area contributed by atoms with E-state index in [2.05, 4.69) is 4.99 Å². The third-order valence-corrected chi connectivity index (χ3v) is 2.77. The van der Waals surface area contributed by atoms with Gasteiger partial charge in [-0.25, -0.2) is 0 Å². The lowest BCUT2D eigenvalue weighted by Gasteiger charge is -2.06. The summed E-state index contributed by atoms with van der Waals surface area (Å²) in [5.74, 6) is 1.44. The molecular formula is C17H17NO2. The molecule has 102 valence electrons. The summed E-state index contributed by atoms with van der Waals surface area (Å²) in [6.07, 6.45) is 5.65. The highest BCUT2D eigenvalue weighted by atomic mass is 16.5. The van der Waals surface area contributed by atoms with Gasteiger partial charge < -0.3 is 9.47 Å². The Kier molecular flexibility index (Phi) is 4.95. The van der Waals surface area contributed by atoms with Gasteiger partial charge in [0.05, 0.1) is 14.2 Å². The number of aliphatic imine (C=N–C) groups is 1. The summed E-state index contributed by atoms with van der Waals surface area (Å²) >= 11 is 0. The molecule has 20 heavy (non-hydrogen) atoms. The van der Waals surface area contributed by atoms with E-state index in [1.165, 1.54) is 0 Å². The largest absolute Gasteiger partial charge is 0.497 e. The van der Waals surface area contributed by atoms with Crippen molar-refractivity contribution < 1.29 is 9.47 Å². The number of hydrogen-bond acceptors (Lipinski definition) is 3. The van der Waals surface area contributed by atoms with Gasteiger partial charge in [-0.05, 0) is 23.8 Å². The fraction of sp³-hybridized carbons (Fsp3) is 0.118. The van der Waals surface area contributed by atoms with E-state index in [-0.39, 0.29) is 0 Å². The first-order valence-electron chi connectivity index (χ1n) is 6.31. The predicted molar refractivity (Wildman–Crippen MR) is 83.2 cm³/mol. The molecule has 0 N–H and O–H groups in total. The standard InChI is InChI=1S/C17H17NO2/c1-19-15-10-11-16(17(13-15)20-2)18-12-6-9-14-7-4-3-5-8-14/h3-13H,1-2H3/b9-6+,18-12?. The number of allylic oxidation sites excluding steroid dienone is 1. The molecule has 2 aromatic carbocycles. The van der Waals surface area contributed by atoms with Gasteiger partial charge in [-0.15, -0.1) is 0 Å². The van der Waals surface area contributed by atoms with Crippen LogP contribution in [-0.2, 0) is 0 Å². The van der Waals surface area contributed by atoms with Crippen LogP contribution < -0.4 is 9.47 Å². The van der Waals surface area contributed by atoms with Gasteiger partial charge in [0, 0.05) is 12.3 Å². The SMILES string of the molecule is COc1ccc(N=C/C=C/c2ccccc2)c(OC)c1. The van der Waals surface area contributed by atoms with Crippen LogP contribution in [0, 0.1) is 0 Å². The Morgan fingerprint density at radius 3 is 2.45 bits per heavy atom. The van der Waals surface area contributed by atoms with E-state index in [1.807, 2.05) is 60.7 Å². The molecule has 0 aliphatic carbocycles. The third-order valence-electron chi connectivity index (χ3n) is 2.77. The molecule has 0 aliphatic heterocycles. The molecule has 0 fully saturated rings. The Hall–Kier alpha value is -2.55. The van der Waals surface area contributed by atoms with Crippen molar-refractivity contribution in [3.05, 3.63) is 60.2 Å². The van der Waals surface area contributed by atoms with Crippen molar-refractivity contribution in [2.75, 3.05) is 14.2 Å². The van der Waals surface area contributed by atoms with Crippen LogP contribution >= 0.6 is 0 Å². The molecule has 0 amide bonds. The molecule has 0 radical (unpaired) electrons. The first-order valence-corrected chi connectivity index (χ1v) is 6.31. The minimum absolute atomic E-state index is 0.689. The lowest BCUT2D eigenvalue weighted by molar-refractivity contribution is 0.395. The summed E-state index contributed by atoms with van der Waals surface area (Å²) in [4.78, 5) is 4.38. The highest BCUT2D eigenvalue weighted by molar-refractivity contribution is 5.81. The molecule has 2 rings (SSSR count). The molecule has 0 aromatic heterocycles. The zero-order chi connectivity index (χ0) is 14.2. The van der Waals surface area contributed by atoms with E-state index in [9.17, 15) is 0 Å². The summed E-state index contributed by atoms with van der Waals surface area (Å²) in [6.45, 7) is 0. The van der Waals surface area contributed by atoms with Gasteiger partial charge in [-0.2, -0.15) is 0 Å². The number of rotatable bonds is 5. The topological polar surface area (TPSA) is 30.8 Å². The molecule has 0 bridgehead atoms. The van der Waals surface area contributed by atoms with E-state index in [4.69, 9.17) is 9.47 Å². The smallest absolute Gasteiger partial charge is 0.148 e. The maximum Gasteiger partial charge on any atom is 0.148 e. The van der Waals surface area contributed by atoms with E-state index >= 15 is 0 Å². The average Bonchev–Trinajstić information content (AvgIpc) is 2.52. The van der Waals surface area contributed by atoms with Gasteiger partial charge in [0.15, 0.2) is 0 Å². The van der Waals surface area contributed by atoms with Gasteiger partial charge >= 0.3 is 0 Å². The second-order valence-electron chi connectivity index (χ2n) is 4.09. The summed E-state index contributed by atoms with van der Waals surface area (Å²) in [7, 11) is 3.24. The maximum absolute atomic E-state index is 5.29. The van der Waals surface area contributed by atoms with Gasteiger partial charge in [0.2, 0.25) is 0 Å². The number of benzene rings is 2. The summed E-state index contributed by atoms with van der Waals surface area (Å²) in [6, 6.07) is 15.6. The molecule has 0 saturated carbocycles. The van der Waals surface area contributed by atoms with Crippen LogP contribution in [0.2, 0.25) is 0 Å². The second-order valence-corrected chi connectivity index (χ2v) is 4.09. The Bertz CT molecular complexity index is 604. The molecule has 3 heteroatoms. The summed E-state index contributed by atoms with van der Waals surface area (Å²) in [5.41, 5.74) is 1.91. The van der Waals surface area contributed by atoms with Gasteiger partial charge in [-0.1, -0.05) is 36.4 Å². The highest BCUT2D eigenvalue weighted by Gasteiger charge is 2.02. The lowest BCUT2D eigenvalue weighted by Crippen LogP contribution is -1.87. The van der Waals surface area contributed by atoms with E-state index in [0.717, 1.165) is 17.0 Å². The monoisotopic (exact) mass is 267 g/mol. The molecule has 0 aliphatic rings. The van der Waals surface area contributed by atoms with Crippen molar-refractivity contribution in [3.8, 4) is 11.5 Å². The van der Waals surface area contributed by atoms with Crippen LogP contribution in [0.4, 0.5) is 5.69 Å². The molecule has 0 atom stereocenters. The fourth-order valence-corrected chi connectivity index (χ4v) is 1.73. The van der Waals surface area contributed by atoms with E-state index in [1.54, 1.807) is 20.4 Å². The Morgan fingerprint density at radius 2 is 1.75 bits per heavy atom. The van der Waals surface area contributed by atoms with Crippen molar-refractivity contribution in [1.82, 2.24) is 0 Å². The predicted octanol–water partition coefficient (Wildman–Crippen LogP) is 4.12. The Morgan fingerprint density at radius 1 is 0.950 bits per heavy atom. The number of ether oxygens (including phenoxy) is 2. The minimum Gasteiger partial charge on any atom is -0.497 e. The quantitative estimate of drug-likeness (QED) is 0.763. The van der Waals surface area contributed by atoms with E-state index in [0.29, 0.717) is 5.75 Å². The Balaban J connectivity index is 2.09. The number of nitrogens with zero attached hydrogens (tertiary/aromatic N) is 1. The van der Waals surface area contributed by atoms with Crippen LogP contribution in [-0.4, -0.2) is 20.4 Å². The zero-order valence-electron chi connectivity index (χ0n) is 11.6. The molecule has 2 aromatic rings. The minimum atomic E-state index is 0.689.